The summed E-state index contributed by atoms with van der Waals surface area (Å²) in [5.41, 5.74) is 3.75. The minimum Gasteiger partial charge on any atom is -0.469 e. The van der Waals surface area contributed by atoms with Gasteiger partial charge in [0.1, 0.15) is 6.04 Å². The number of amides is 2. The number of hydrogen-bond acceptors (Lipinski definition) is 5. The van der Waals surface area contributed by atoms with E-state index in [2.05, 4.69) is 10.3 Å². The number of nitrogens with one attached hydrogen (secondary N) is 1. The Hall–Kier alpha value is -4.49. The maximum Gasteiger partial charge on any atom is 0.311 e. The van der Waals surface area contributed by atoms with E-state index in [-0.39, 0.29) is 12.5 Å². The fraction of sp³-hybridized carbons (Fsp3) is 0.212. The SMILES string of the molecule is COC(=O)C1C(c2ccccc2)C(C(=O)NCc2ccc(C)cc2)N(C(=O)c2cccnc2)C1c1ccc(Cl)cc1. The molecule has 4 atom stereocenters. The smallest absolute Gasteiger partial charge is 0.311 e. The van der Waals surface area contributed by atoms with Gasteiger partial charge in [0.25, 0.3) is 5.91 Å². The highest BCUT2D eigenvalue weighted by atomic mass is 35.5. The monoisotopic (exact) mass is 567 g/mol. The van der Waals surface area contributed by atoms with Crippen molar-refractivity contribution in [3.05, 3.63) is 136 Å². The zero-order chi connectivity index (χ0) is 28.9. The normalized spacial score (nSPS) is 19.9. The third-order valence-electron chi connectivity index (χ3n) is 7.53. The number of aryl methyl sites for hydroxylation is 1. The summed E-state index contributed by atoms with van der Waals surface area (Å²) in [5.74, 6) is -2.87. The highest BCUT2D eigenvalue weighted by Gasteiger charge is 2.58. The van der Waals surface area contributed by atoms with Crippen molar-refractivity contribution >= 4 is 29.4 Å². The molecule has 8 heteroatoms. The number of carbonyl (C=O) groups excluding carboxylic acids is 3. The molecule has 4 aromatic rings. The molecule has 1 N–H and O–H groups in total. The molecular weight excluding hydrogens is 538 g/mol. The lowest BCUT2D eigenvalue weighted by molar-refractivity contribution is -0.146. The van der Waals surface area contributed by atoms with Crippen LogP contribution in [0.5, 0.6) is 0 Å². The summed E-state index contributed by atoms with van der Waals surface area (Å²) in [4.78, 5) is 47.7. The molecule has 4 unspecified atom stereocenters. The maximum absolute atomic E-state index is 14.3. The lowest BCUT2D eigenvalue weighted by Gasteiger charge is -2.31. The van der Waals surface area contributed by atoms with Gasteiger partial charge in [-0.25, -0.2) is 0 Å². The fourth-order valence-electron chi connectivity index (χ4n) is 5.60. The molecule has 0 radical (unpaired) electrons. The number of pyridine rings is 1. The van der Waals surface area contributed by atoms with E-state index in [1.807, 2.05) is 61.5 Å². The number of carbonyl (C=O) groups is 3. The number of methoxy groups -OCH3 is 1. The molecule has 208 valence electrons. The standard InChI is InChI=1S/C33H30ClN3O4/c1-21-10-12-22(13-11-21)19-36-31(38)30-27(23-7-4-3-5-8-23)28(33(40)41-2)29(24-14-16-26(34)17-15-24)37(30)32(39)25-9-6-18-35-20-25/h3-18,20,27-30H,19H2,1-2H3,(H,36,38). The molecule has 1 aliphatic heterocycles. The molecule has 0 saturated carbocycles. The Morgan fingerprint density at radius 3 is 2.24 bits per heavy atom. The van der Waals surface area contributed by atoms with E-state index in [0.717, 1.165) is 16.7 Å². The van der Waals surface area contributed by atoms with E-state index in [4.69, 9.17) is 16.3 Å². The molecule has 2 heterocycles. The second-order valence-corrected chi connectivity index (χ2v) is 10.5. The predicted molar refractivity (Wildman–Crippen MR) is 156 cm³/mol. The van der Waals surface area contributed by atoms with E-state index in [9.17, 15) is 14.4 Å². The molecule has 41 heavy (non-hydrogen) atoms. The van der Waals surface area contributed by atoms with Crippen LogP contribution in [0.15, 0.2) is 103 Å². The van der Waals surface area contributed by atoms with E-state index in [1.165, 1.54) is 18.2 Å². The van der Waals surface area contributed by atoms with Crippen molar-refractivity contribution in [2.45, 2.75) is 31.5 Å². The third-order valence-corrected chi connectivity index (χ3v) is 7.79. The molecule has 1 aromatic heterocycles. The van der Waals surface area contributed by atoms with Crippen LogP contribution in [0.1, 0.15) is 44.6 Å². The first-order valence-corrected chi connectivity index (χ1v) is 13.7. The highest BCUT2D eigenvalue weighted by Crippen LogP contribution is 2.51. The zero-order valence-corrected chi connectivity index (χ0v) is 23.5. The van der Waals surface area contributed by atoms with Crippen molar-refractivity contribution in [1.29, 1.82) is 0 Å². The predicted octanol–water partition coefficient (Wildman–Crippen LogP) is 5.50. The summed E-state index contributed by atoms with van der Waals surface area (Å²) in [5, 5.41) is 3.55. The summed E-state index contributed by atoms with van der Waals surface area (Å²) in [6.45, 7) is 2.26. The second kappa shape index (κ2) is 12.4. The van der Waals surface area contributed by atoms with Crippen molar-refractivity contribution in [2.24, 2.45) is 5.92 Å². The summed E-state index contributed by atoms with van der Waals surface area (Å²) in [6.07, 6.45) is 3.04. The number of ether oxygens (including phenoxy) is 1. The van der Waals surface area contributed by atoms with Gasteiger partial charge < -0.3 is 15.0 Å². The molecule has 3 aromatic carbocycles. The van der Waals surface area contributed by atoms with Crippen molar-refractivity contribution in [1.82, 2.24) is 15.2 Å². The van der Waals surface area contributed by atoms with Crippen LogP contribution in [-0.2, 0) is 20.9 Å². The topological polar surface area (TPSA) is 88.6 Å². The minimum absolute atomic E-state index is 0.264. The molecular formula is C33H30ClN3O4. The third kappa shape index (κ3) is 5.86. The molecule has 0 spiro atoms. The molecule has 1 fully saturated rings. The zero-order valence-electron chi connectivity index (χ0n) is 22.7. The number of halogens is 1. The lowest BCUT2D eigenvalue weighted by Crippen LogP contribution is -2.48. The van der Waals surface area contributed by atoms with Gasteiger partial charge >= 0.3 is 5.97 Å². The van der Waals surface area contributed by atoms with E-state index < -0.39 is 35.8 Å². The van der Waals surface area contributed by atoms with Crippen molar-refractivity contribution in [3.8, 4) is 0 Å². The van der Waals surface area contributed by atoms with Crippen LogP contribution in [0.2, 0.25) is 5.02 Å². The van der Waals surface area contributed by atoms with Gasteiger partial charge in [-0.1, -0.05) is 83.9 Å². The summed E-state index contributed by atoms with van der Waals surface area (Å²) in [6, 6.07) is 25.6. The van der Waals surface area contributed by atoms with Gasteiger partial charge in [0.15, 0.2) is 0 Å². The largest absolute Gasteiger partial charge is 0.469 e. The van der Waals surface area contributed by atoms with E-state index >= 15 is 0 Å². The van der Waals surface area contributed by atoms with Gasteiger partial charge in [-0.3, -0.25) is 19.4 Å². The number of rotatable bonds is 7. The molecule has 0 aliphatic carbocycles. The first kappa shape index (κ1) is 28.1. The van der Waals surface area contributed by atoms with E-state index in [0.29, 0.717) is 16.1 Å². The average molecular weight is 568 g/mol. The maximum atomic E-state index is 14.3. The quantitative estimate of drug-likeness (QED) is 0.298. The summed E-state index contributed by atoms with van der Waals surface area (Å²) >= 11 is 6.21. The highest BCUT2D eigenvalue weighted by molar-refractivity contribution is 6.30. The van der Waals surface area contributed by atoms with Gasteiger partial charge in [-0.05, 0) is 47.9 Å². The molecule has 5 rings (SSSR count). The Balaban J connectivity index is 1.67. The van der Waals surface area contributed by atoms with Crippen LogP contribution in [-0.4, -0.2) is 40.8 Å². The minimum atomic E-state index is -1.03. The number of aromatic nitrogens is 1. The number of benzene rings is 3. The molecule has 1 saturated heterocycles. The molecule has 0 bridgehead atoms. The van der Waals surface area contributed by atoms with Gasteiger partial charge in [-0.15, -0.1) is 0 Å². The average Bonchev–Trinajstić information content (AvgIpc) is 3.37. The number of esters is 1. The molecule has 1 aliphatic rings. The Morgan fingerprint density at radius 2 is 1.61 bits per heavy atom. The van der Waals surface area contributed by atoms with Crippen LogP contribution in [0.25, 0.3) is 0 Å². The van der Waals surface area contributed by atoms with Crippen molar-refractivity contribution in [2.75, 3.05) is 7.11 Å². The summed E-state index contributed by atoms with van der Waals surface area (Å²) in [7, 11) is 1.32. The molecule has 2 amide bonds. The van der Waals surface area contributed by atoms with Crippen LogP contribution in [0, 0.1) is 12.8 Å². The Labute approximate surface area is 244 Å². The fourth-order valence-corrected chi connectivity index (χ4v) is 5.72. The second-order valence-electron chi connectivity index (χ2n) is 10.1. The van der Waals surface area contributed by atoms with Crippen molar-refractivity contribution < 1.29 is 19.1 Å². The Morgan fingerprint density at radius 1 is 0.902 bits per heavy atom. The first-order valence-electron chi connectivity index (χ1n) is 13.3. The van der Waals surface area contributed by atoms with Crippen LogP contribution in [0.4, 0.5) is 0 Å². The Bertz CT molecular complexity index is 1510. The van der Waals surface area contributed by atoms with Gasteiger partial charge in [-0.2, -0.15) is 0 Å². The lowest BCUT2D eigenvalue weighted by atomic mass is 9.80. The number of hydrogen-bond donors (Lipinski definition) is 1. The first-order chi connectivity index (χ1) is 19.9. The number of likely N-dealkylation sites (tertiary alicyclic amines) is 1. The summed E-state index contributed by atoms with van der Waals surface area (Å²) < 4.78 is 5.32. The van der Waals surface area contributed by atoms with Gasteiger partial charge in [0.05, 0.1) is 24.6 Å². The van der Waals surface area contributed by atoms with E-state index in [1.54, 1.807) is 42.6 Å². The van der Waals surface area contributed by atoms with Gasteiger partial charge in [0.2, 0.25) is 5.91 Å². The molecule has 7 nitrogen and oxygen atoms in total. The van der Waals surface area contributed by atoms with Crippen LogP contribution >= 0.6 is 11.6 Å². The van der Waals surface area contributed by atoms with Crippen LogP contribution < -0.4 is 5.32 Å². The van der Waals surface area contributed by atoms with Crippen LogP contribution in [0.3, 0.4) is 0 Å². The Kier molecular flexibility index (Phi) is 8.45. The van der Waals surface area contributed by atoms with Crippen molar-refractivity contribution in [3.63, 3.8) is 0 Å². The number of nitrogens with zero attached hydrogens (tertiary/aromatic N) is 2. The van der Waals surface area contributed by atoms with Gasteiger partial charge in [0, 0.05) is 29.9 Å².